The van der Waals surface area contributed by atoms with E-state index in [-0.39, 0.29) is 0 Å². The fourth-order valence-electron chi connectivity index (χ4n) is 1.16. The molecule has 0 saturated heterocycles. The van der Waals surface area contributed by atoms with Crippen LogP contribution in [0.5, 0.6) is 0 Å². The number of halogens is 1. The first-order valence-corrected chi connectivity index (χ1v) is 4.56. The van der Waals surface area contributed by atoms with Gasteiger partial charge in [-0.05, 0) is 34.8 Å². The van der Waals surface area contributed by atoms with Crippen LogP contribution in [-0.2, 0) is 0 Å². The predicted octanol–water partition coefficient (Wildman–Crippen LogP) is 3.80. The van der Waals surface area contributed by atoms with E-state index in [0.717, 1.165) is 11.0 Å². The minimum atomic E-state index is 0.932. The number of hydrogen-bond acceptors (Lipinski definition) is 1. The van der Waals surface area contributed by atoms with Gasteiger partial charge in [-0.1, -0.05) is 22.0 Å². The molecule has 0 spiro atoms. The molecule has 0 atom stereocenters. The van der Waals surface area contributed by atoms with Crippen molar-refractivity contribution in [3.8, 4) is 0 Å². The average Bonchev–Trinajstić information content (AvgIpc) is 2.51. The van der Waals surface area contributed by atoms with Gasteiger partial charge in [-0.15, -0.1) is 0 Å². The highest BCUT2D eigenvalue weighted by Crippen LogP contribution is 2.17. The molecule has 0 saturated carbocycles. The van der Waals surface area contributed by atoms with Gasteiger partial charge in [-0.2, -0.15) is 0 Å². The predicted molar refractivity (Wildman–Crippen MR) is 54.2 cm³/mol. The van der Waals surface area contributed by atoms with Crippen LogP contribution in [0.25, 0.3) is 17.0 Å². The number of rotatable bonds is 1. The largest absolute Gasteiger partial charge is 0.464 e. The molecule has 2 rings (SSSR count). The highest BCUT2D eigenvalue weighted by molar-refractivity contribution is 9.11. The molecule has 0 N–H and O–H groups in total. The lowest BCUT2D eigenvalue weighted by Crippen LogP contribution is -1.69. The summed E-state index contributed by atoms with van der Waals surface area (Å²) in [6.07, 6.45) is 3.69. The Morgan fingerprint density at radius 1 is 1.25 bits per heavy atom. The van der Waals surface area contributed by atoms with E-state index >= 15 is 0 Å². The highest BCUT2D eigenvalue weighted by Gasteiger charge is 1.95. The van der Waals surface area contributed by atoms with Crippen molar-refractivity contribution in [3.63, 3.8) is 0 Å². The molecule has 0 aliphatic heterocycles. The summed E-state index contributed by atoms with van der Waals surface area (Å²) in [7, 11) is 0. The van der Waals surface area contributed by atoms with Gasteiger partial charge in [0.05, 0.1) is 6.26 Å². The Balaban J connectivity index is 2.60. The Kier molecular flexibility index (Phi) is 2.00. The Hall–Kier alpha value is -1.02. The molecule has 0 amide bonds. The van der Waals surface area contributed by atoms with E-state index in [1.165, 1.54) is 5.56 Å². The van der Waals surface area contributed by atoms with E-state index < -0.39 is 0 Å². The zero-order chi connectivity index (χ0) is 8.39. The third-order valence-electron chi connectivity index (χ3n) is 1.73. The Labute approximate surface area is 78.8 Å². The van der Waals surface area contributed by atoms with Gasteiger partial charge in [0.15, 0.2) is 0 Å². The Bertz CT molecular complexity index is 414. The van der Waals surface area contributed by atoms with Crippen molar-refractivity contribution in [2.45, 2.75) is 0 Å². The summed E-state index contributed by atoms with van der Waals surface area (Å²) >= 11 is 3.24. The normalized spacial score (nSPS) is 11.4. The van der Waals surface area contributed by atoms with Crippen molar-refractivity contribution < 1.29 is 4.42 Å². The summed E-state index contributed by atoms with van der Waals surface area (Å²) in [5.41, 5.74) is 2.10. The van der Waals surface area contributed by atoms with Crippen LogP contribution in [0.4, 0.5) is 0 Å². The van der Waals surface area contributed by atoms with Gasteiger partial charge in [0, 0.05) is 5.39 Å². The van der Waals surface area contributed by atoms with Crippen LogP contribution in [0.15, 0.2) is 39.9 Å². The lowest BCUT2D eigenvalue weighted by molar-refractivity contribution is 0.616. The lowest BCUT2D eigenvalue weighted by Gasteiger charge is -1.91. The highest BCUT2D eigenvalue weighted by atomic mass is 79.9. The maximum absolute atomic E-state index is 5.22. The molecule has 12 heavy (non-hydrogen) atoms. The molecule has 1 nitrogen and oxygen atoms in total. The molecule has 0 aliphatic carbocycles. The van der Waals surface area contributed by atoms with Crippen LogP contribution in [-0.4, -0.2) is 0 Å². The lowest BCUT2D eigenvalue weighted by atomic mass is 10.2. The summed E-state index contributed by atoms with van der Waals surface area (Å²) in [6.45, 7) is 0. The van der Waals surface area contributed by atoms with Crippen LogP contribution in [0.2, 0.25) is 0 Å². The number of hydrogen-bond donors (Lipinski definition) is 0. The van der Waals surface area contributed by atoms with Gasteiger partial charge in [-0.25, -0.2) is 0 Å². The molecule has 1 aromatic carbocycles. The van der Waals surface area contributed by atoms with Crippen molar-refractivity contribution in [1.82, 2.24) is 0 Å². The minimum Gasteiger partial charge on any atom is -0.464 e. The number of fused-ring (bicyclic) bond motifs is 1. The molecule has 0 fully saturated rings. The van der Waals surface area contributed by atoms with Crippen LogP contribution in [0, 0.1) is 0 Å². The van der Waals surface area contributed by atoms with Crippen molar-refractivity contribution in [1.29, 1.82) is 0 Å². The van der Waals surface area contributed by atoms with Crippen LogP contribution >= 0.6 is 15.9 Å². The van der Waals surface area contributed by atoms with Crippen molar-refractivity contribution in [2.24, 2.45) is 0 Å². The molecule has 60 valence electrons. The minimum absolute atomic E-state index is 0.932. The zero-order valence-corrected chi connectivity index (χ0v) is 7.91. The second kappa shape index (κ2) is 3.15. The first-order valence-electron chi connectivity index (χ1n) is 3.64. The van der Waals surface area contributed by atoms with Gasteiger partial charge in [-0.3, -0.25) is 0 Å². The van der Waals surface area contributed by atoms with E-state index in [2.05, 4.69) is 22.0 Å². The van der Waals surface area contributed by atoms with E-state index in [0.29, 0.717) is 0 Å². The first kappa shape index (κ1) is 7.62. The smallest absolute Gasteiger partial charge is 0.133 e. The van der Waals surface area contributed by atoms with E-state index in [1.807, 2.05) is 29.3 Å². The average molecular weight is 223 g/mol. The summed E-state index contributed by atoms with van der Waals surface area (Å²) in [5, 5.41) is 1.14. The molecular weight excluding hydrogens is 216 g/mol. The van der Waals surface area contributed by atoms with E-state index in [4.69, 9.17) is 4.42 Å². The van der Waals surface area contributed by atoms with Gasteiger partial charge in [0.2, 0.25) is 0 Å². The van der Waals surface area contributed by atoms with E-state index in [9.17, 15) is 0 Å². The number of benzene rings is 1. The molecule has 1 heterocycles. The quantitative estimate of drug-likeness (QED) is 0.716. The van der Waals surface area contributed by atoms with Crippen molar-refractivity contribution in [2.75, 3.05) is 0 Å². The molecule has 0 unspecified atom stereocenters. The molecule has 0 aliphatic rings. The van der Waals surface area contributed by atoms with Crippen molar-refractivity contribution in [3.05, 3.63) is 41.1 Å². The van der Waals surface area contributed by atoms with Crippen LogP contribution in [0.3, 0.4) is 0 Å². The Morgan fingerprint density at radius 3 is 3.00 bits per heavy atom. The molecule has 0 bridgehead atoms. The summed E-state index contributed by atoms with van der Waals surface area (Å²) < 4.78 is 5.22. The van der Waals surface area contributed by atoms with Crippen LogP contribution < -0.4 is 0 Å². The maximum Gasteiger partial charge on any atom is 0.133 e. The van der Waals surface area contributed by atoms with Crippen LogP contribution in [0.1, 0.15) is 5.56 Å². The molecular formula is C10H7BrO. The third-order valence-corrected chi connectivity index (χ3v) is 2.00. The van der Waals surface area contributed by atoms with Gasteiger partial charge in [0.25, 0.3) is 0 Å². The molecule has 2 aromatic rings. The second-order valence-corrected chi connectivity index (χ2v) is 3.04. The monoisotopic (exact) mass is 222 g/mol. The summed E-state index contributed by atoms with van der Waals surface area (Å²) in [4.78, 5) is 1.84. The summed E-state index contributed by atoms with van der Waals surface area (Å²) in [6, 6.07) is 8.03. The maximum atomic E-state index is 5.22. The summed E-state index contributed by atoms with van der Waals surface area (Å²) in [5.74, 6) is 0. The van der Waals surface area contributed by atoms with Gasteiger partial charge in [0.1, 0.15) is 5.58 Å². The fourth-order valence-corrected chi connectivity index (χ4v) is 1.47. The molecule has 0 radical (unpaired) electrons. The first-order chi connectivity index (χ1) is 5.90. The fraction of sp³-hybridized carbons (Fsp3) is 0. The topological polar surface area (TPSA) is 13.1 Å². The standard InChI is InChI=1S/C10H7BrO/c11-5-3-8-1-2-10-9(7-8)4-6-12-10/h1-7H/b5-3+. The van der Waals surface area contributed by atoms with Gasteiger partial charge >= 0.3 is 0 Å². The SMILES string of the molecule is Br/C=C/c1ccc2occc2c1. The van der Waals surface area contributed by atoms with Gasteiger partial charge < -0.3 is 4.42 Å². The number of furan rings is 1. The second-order valence-electron chi connectivity index (χ2n) is 2.51. The molecule has 2 heteroatoms. The van der Waals surface area contributed by atoms with E-state index in [1.54, 1.807) is 6.26 Å². The zero-order valence-electron chi connectivity index (χ0n) is 6.33. The molecule has 1 aromatic heterocycles. The Morgan fingerprint density at radius 2 is 2.17 bits per heavy atom. The van der Waals surface area contributed by atoms with Crippen molar-refractivity contribution >= 4 is 33.0 Å². The third kappa shape index (κ3) is 1.30.